The van der Waals surface area contributed by atoms with Crippen molar-refractivity contribution < 1.29 is 4.79 Å². The Labute approximate surface area is 106 Å². The van der Waals surface area contributed by atoms with E-state index in [2.05, 4.69) is 15.4 Å². The molecule has 0 spiro atoms. The summed E-state index contributed by atoms with van der Waals surface area (Å²) in [4.78, 5) is 15.4. The van der Waals surface area contributed by atoms with Crippen LogP contribution in [-0.2, 0) is 11.3 Å². The zero-order chi connectivity index (χ0) is 12.8. The molecule has 0 fully saturated rings. The molecule has 2 rings (SSSR count). The molecule has 2 aromatic rings. The maximum absolute atomic E-state index is 11.5. The number of hydrogen-bond donors (Lipinski definition) is 1. The van der Waals surface area contributed by atoms with Crippen molar-refractivity contribution in [2.75, 3.05) is 5.32 Å². The van der Waals surface area contributed by atoms with Crippen molar-refractivity contribution in [3.05, 3.63) is 42.5 Å². The van der Waals surface area contributed by atoms with Crippen molar-refractivity contribution in [3.8, 4) is 0 Å². The topological polar surface area (TPSA) is 59.8 Å². The van der Waals surface area contributed by atoms with E-state index in [1.165, 1.54) is 6.33 Å². The van der Waals surface area contributed by atoms with Crippen LogP contribution in [0.2, 0.25) is 0 Å². The summed E-state index contributed by atoms with van der Waals surface area (Å²) in [5.41, 5.74) is 1.90. The van der Waals surface area contributed by atoms with Crippen LogP contribution >= 0.6 is 0 Å². The molecule has 5 nitrogen and oxygen atoms in total. The van der Waals surface area contributed by atoms with E-state index in [9.17, 15) is 4.79 Å². The highest BCUT2D eigenvalue weighted by molar-refractivity contribution is 5.90. The Hall–Kier alpha value is -2.17. The zero-order valence-corrected chi connectivity index (χ0v) is 10.3. The Morgan fingerprint density at radius 2 is 2.33 bits per heavy atom. The molecule has 1 N–H and O–H groups in total. The molecule has 1 amide bonds. The molecule has 0 aliphatic carbocycles. The minimum Gasteiger partial charge on any atom is -0.326 e. The van der Waals surface area contributed by atoms with E-state index in [-0.39, 0.29) is 5.91 Å². The summed E-state index contributed by atoms with van der Waals surface area (Å²) in [7, 11) is 0. The van der Waals surface area contributed by atoms with E-state index >= 15 is 0 Å². The summed E-state index contributed by atoms with van der Waals surface area (Å²) in [5.74, 6) is 0.0513. The average molecular weight is 244 g/mol. The van der Waals surface area contributed by atoms with E-state index < -0.39 is 0 Å². The number of nitrogens with zero attached hydrogens (tertiary/aromatic N) is 3. The quantitative estimate of drug-likeness (QED) is 0.875. The summed E-state index contributed by atoms with van der Waals surface area (Å²) < 4.78 is 1.74. The van der Waals surface area contributed by atoms with Crippen LogP contribution in [0.15, 0.2) is 36.9 Å². The van der Waals surface area contributed by atoms with Crippen LogP contribution in [0, 0.1) is 0 Å². The third-order valence-corrected chi connectivity index (χ3v) is 2.50. The molecule has 0 saturated carbocycles. The van der Waals surface area contributed by atoms with E-state index in [1.807, 2.05) is 31.2 Å². The highest BCUT2D eigenvalue weighted by atomic mass is 16.1. The van der Waals surface area contributed by atoms with E-state index in [1.54, 1.807) is 11.0 Å². The average Bonchev–Trinajstić information content (AvgIpc) is 2.82. The van der Waals surface area contributed by atoms with E-state index in [0.717, 1.165) is 17.7 Å². The van der Waals surface area contributed by atoms with Crippen LogP contribution in [0.4, 0.5) is 5.69 Å². The Balaban J connectivity index is 2.03. The number of nitrogens with one attached hydrogen (secondary N) is 1. The maximum atomic E-state index is 11.5. The largest absolute Gasteiger partial charge is 0.326 e. The second-order valence-corrected chi connectivity index (χ2v) is 4.09. The van der Waals surface area contributed by atoms with Gasteiger partial charge in [-0.1, -0.05) is 19.1 Å². The van der Waals surface area contributed by atoms with Crippen molar-refractivity contribution in [1.82, 2.24) is 14.8 Å². The molecule has 18 heavy (non-hydrogen) atoms. The number of anilines is 1. The molecule has 0 unspecified atom stereocenters. The third kappa shape index (κ3) is 3.41. The summed E-state index contributed by atoms with van der Waals surface area (Å²) >= 11 is 0. The van der Waals surface area contributed by atoms with Crippen LogP contribution < -0.4 is 5.32 Å². The van der Waals surface area contributed by atoms with Crippen molar-refractivity contribution in [2.45, 2.75) is 26.3 Å². The highest BCUT2D eigenvalue weighted by Crippen LogP contribution is 2.12. The molecule has 1 aromatic carbocycles. The van der Waals surface area contributed by atoms with Gasteiger partial charge in [0.1, 0.15) is 12.7 Å². The fourth-order valence-electron chi connectivity index (χ4n) is 1.70. The first-order chi connectivity index (χ1) is 8.78. The van der Waals surface area contributed by atoms with Crippen LogP contribution in [0.25, 0.3) is 0 Å². The Morgan fingerprint density at radius 1 is 1.44 bits per heavy atom. The first-order valence-corrected chi connectivity index (χ1v) is 5.99. The van der Waals surface area contributed by atoms with Crippen molar-refractivity contribution in [2.24, 2.45) is 0 Å². The summed E-state index contributed by atoms with van der Waals surface area (Å²) in [6.45, 7) is 2.64. The first-order valence-electron chi connectivity index (χ1n) is 5.99. The Bertz CT molecular complexity index is 507. The van der Waals surface area contributed by atoms with Crippen LogP contribution in [0.1, 0.15) is 25.3 Å². The van der Waals surface area contributed by atoms with Gasteiger partial charge >= 0.3 is 0 Å². The molecule has 0 bridgehead atoms. The summed E-state index contributed by atoms with van der Waals surface area (Å²) in [6, 6.07) is 7.76. The number of rotatable bonds is 5. The first kappa shape index (κ1) is 12.3. The van der Waals surface area contributed by atoms with Gasteiger partial charge in [-0.05, 0) is 24.1 Å². The SMILES string of the molecule is CCCC(=O)Nc1cccc(Cn2cncn2)c1. The van der Waals surface area contributed by atoms with Crippen LogP contribution in [0.3, 0.4) is 0 Å². The number of aromatic nitrogens is 3. The lowest BCUT2D eigenvalue weighted by molar-refractivity contribution is -0.116. The second kappa shape index (κ2) is 5.95. The molecule has 1 heterocycles. The van der Waals surface area contributed by atoms with Gasteiger partial charge in [-0.15, -0.1) is 0 Å². The van der Waals surface area contributed by atoms with Gasteiger partial charge in [0.05, 0.1) is 6.54 Å². The van der Waals surface area contributed by atoms with Gasteiger partial charge in [0, 0.05) is 12.1 Å². The van der Waals surface area contributed by atoms with Crippen LogP contribution in [0.5, 0.6) is 0 Å². The van der Waals surface area contributed by atoms with E-state index in [4.69, 9.17) is 0 Å². The van der Waals surface area contributed by atoms with Gasteiger partial charge in [-0.25, -0.2) is 9.67 Å². The fraction of sp³-hybridized carbons (Fsp3) is 0.308. The molecule has 0 radical (unpaired) electrons. The minimum atomic E-state index is 0.0513. The van der Waals surface area contributed by atoms with Gasteiger partial charge in [0.15, 0.2) is 0 Å². The van der Waals surface area contributed by atoms with Crippen LogP contribution in [-0.4, -0.2) is 20.7 Å². The van der Waals surface area contributed by atoms with Gasteiger partial charge in [-0.2, -0.15) is 5.10 Å². The highest BCUT2D eigenvalue weighted by Gasteiger charge is 2.02. The third-order valence-electron chi connectivity index (χ3n) is 2.50. The minimum absolute atomic E-state index is 0.0513. The normalized spacial score (nSPS) is 10.3. The van der Waals surface area contributed by atoms with Gasteiger partial charge in [0.25, 0.3) is 0 Å². The molecular weight excluding hydrogens is 228 g/mol. The lowest BCUT2D eigenvalue weighted by Crippen LogP contribution is -2.11. The molecule has 0 atom stereocenters. The summed E-state index contributed by atoms with van der Waals surface area (Å²) in [5, 5.41) is 6.93. The molecule has 5 heteroatoms. The van der Waals surface area contributed by atoms with Crippen molar-refractivity contribution >= 4 is 11.6 Å². The standard InChI is InChI=1S/C13H16N4O/c1-2-4-13(18)16-12-6-3-5-11(7-12)8-17-10-14-9-15-17/h3,5-7,9-10H,2,4,8H2,1H3,(H,16,18). The Morgan fingerprint density at radius 3 is 3.06 bits per heavy atom. The van der Waals surface area contributed by atoms with E-state index in [0.29, 0.717) is 13.0 Å². The number of carbonyl (C=O) groups is 1. The van der Waals surface area contributed by atoms with Crippen molar-refractivity contribution in [1.29, 1.82) is 0 Å². The van der Waals surface area contributed by atoms with Gasteiger partial charge in [0.2, 0.25) is 5.91 Å². The number of hydrogen-bond acceptors (Lipinski definition) is 3. The lowest BCUT2D eigenvalue weighted by atomic mass is 10.2. The lowest BCUT2D eigenvalue weighted by Gasteiger charge is -2.07. The Kier molecular flexibility index (Phi) is 4.06. The maximum Gasteiger partial charge on any atom is 0.224 e. The molecule has 94 valence electrons. The number of carbonyl (C=O) groups excluding carboxylic acids is 1. The predicted molar refractivity (Wildman–Crippen MR) is 69.1 cm³/mol. The summed E-state index contributed by atoms with van der Waals surface area (Å²) in [6.07, 6.45) is 4.58. The second-order valence-electron chi connectivity index (χ2n) is 4.09. The molecular formula is C13H16N4O. The number of benzene rings is 1. The number of amides is 1. The fourth-order valence-corrected chi connectivity index (χ4v) is 1.70. The molecule has 1 aromatic heterocycles. The predicted octanol–water partition coefficient (Wildman–Crippen LogP) is 2.06. The molecule has 0 aliphatic rings. The zero-order valence-electron chi connectivity index (χ0n) is 10.3. The van der Waals surface area contributed by atoms with Crippen molar-refractivity contribution in [3.63, 3.8) is 0 Å². The molecule has 0 aliphatic heterocycles. The molecule has 0 saturated heterocycles. The smallest absolute Gasteiger partial charge is 0.224 e. The van der Waals surface area contributed by atoms with Gasteiger partial charge < -0.3 is 5.32 Å². The monoisotopic (exact) mass is 244 g/mol. The van der Waals surface area contributed by atoms with Gasteiger partial charge in [-0.3, -0.25) is 4.79 Å².